The summed E-state index contributed by atoms with van der Waals surface area (Å²) < 4.78 is 14.8. The smallest absolute Gasteiger partial charge is 0.246 e. The van der Waals surface area contributed by atoms with Crippen LogP contribution in [0, 0.1) is 5.82 Å². The molecule has 0 aliphatic rings. The van der Waals surface area contributed by atoms with Gasteiger partial charge in [-0.1, -0.05) is 16.8 Å². The predicted octanol–water partition coefficient (Wildman–Crippen LogP) is 1.17. The standard InChI is InChI=1S/C11H11ClFN5O/c12-7-1-2-10(9(13)3-7)15-11(19)6-18-5-8(4-14)16-17-18/h1-3,5H,4,6,14H2,(H,15,19). The molecule has 0 saturated heterocycles. The fourth-order valence-corrected chi connectivity index (χ4v) is 1.60. The molecular weight excluding hydrogens is 273 g/mol. The van der Waals surface area contributed by atoms with E-state index in [0.29, 0.717) is 5.69 Å². The van der Waals surface area contributed by atoms with Crippen molar-refractivity contribution in [3.8, 4) is 0 Å². The van der Waals surface area contributed by atoms with Crippen LogP contribution in [-0.2, 0) is 17.9 Å². The molecule has 6 nitrogen and oxygen atoms in total. The van der Waals surface area contributed by atoms with Crippen molar-refractivity contribution in [1.29, 1.82) is 0 Å². The molecule has 2 rings (SSSR count). The quantitative estimate of drug-likeness (QED) is 0.882. The Bertz CT molecular complexity index is 601. The van der Waals surface area contributed by atoms with Crippen molar-refractivity contribution in [3.63, 3.8) is 0 Å². The summed E-state index contributed by atoms with van der Waals surface area (Å²) >= 11 is 5.62. The van der Waals surface area contributed by atoms with Crippen molar-refractivity contribution in [3.05, 3.63) is 40.9 Å². The van der Waals surface area contributed by atoms with Crippen LogP contribution in [0.25, 0.3) is 0 Å². The Labute approximate surface area is 113 Å². The van der Waals surface area contributed by atoms with Gasteiger partial charge in [-0.2, -0.15) is 0 Å². The summed E-state index contributed by atoms with van der Waals surface area (Å²) in [6.07, 6.45) is 1.55. The lowest BCUT2D eigenvalue weighted by atomic mass is 10.3. The fraction of sp³-hybridized carbons (Fsp3) is 0.182. The molecule has 2 aromatic rings. The highest BCUT2D eigenvalue weighted by molar-refractivity contribution is 6.30. The molecule has 8 heteroatoms. The van der Waals surface area contributed by atoms with E-state index in [1.165, 1.54) is 16.8 Å². The number of amides is 1. The molecule has 0 aliphatic heterocycles. The van der Waals surface area contributed by atoms with Crippen LogP contribution in [0.2, 0.25) is 5.02 Å². The number of rotatable bonds is 4. The summed E-state index contributed by atoms with van der Waals surface area (Å²) in [4.78, 5) is 11.7. The molecule has 0 aliphatic carbocycles. The lowest BCUT2D eigenvalue weighted by Gasteiger charge is -2.06. The summed E-state index contributed by atoms with van der Waals surface area (Å²) in [6, 6.07) is 4.00. The van der Waals surface area contributed by atoms with Crippen molar-refractivity contribution < 1.29 is 9.18 Å². The molecule has 0 radical (unpaired) electrons. The Kier molecular flexibility index (Phi) is 4.08. The number of carbonyl (C=O) groups is 1. The average Bonchev–Trinajstić information content (AvgIpc) is 2.80. The van der Waals surface area contributed by atoms with Gasteiger partial charge in [0.1, 0.15) is 12.4 Å². The molecule has 0 spiro atoms. The van der Waals surface area contributed by atoms with Crippen molar-refractivity contribution in [2.45, 2.75) is 13.1 Å². The summed E-state index contributed by atoms with van der Waals surface area (Å²) in [5, 5.41) is 10.1. The van der Waals surface area contributed by atoms with Gasteiger partial charge in [0.25, 0.3) is 0 Å². The Hall–Kier alpha value is -1.99. The van der Waals surface area contributed by atoms with Gasteiger partial charge in [-0.25, -0.2) is 9.07 Å². The van der Waals surface area contributed by atoms with Gasteiger partial charge in [0.05, 0.1) is 17.6 Å². The van der Waals surface area contributed by atoms with E-state index in [9.17, 15) is 9.18 Å². The minimum Gasteiger partial charge on any atom is -0.325 e. The molecule has 0 atom stereocenters. The summed E-state index contributed by atoms with van der Waals surface area (Å²) in [6.45, 7) is 0.169. The Balaban J connectivity index is 2.01. The Morgan fingerprint density at radius 3 is 2.95 bits per heavy atom. The van der Waals surface area contributed by atoms with Crippen LogP contribution in [0.15, 0.2) is 24.4 Å². The van der Waals surface area contributed by atoms with Crippen LogP contribution in [0.3, 0.4) is 0 Å². The number of benzene rings is 1. The normalized spacial score (nSPS) is 10.5. The average molecular weight is 284 g/mol. The lowest BCUT2D eigenvalue weighted by Crippen LogP contribution is -2.19. The number of anilines is 1. The highest BCUT2D eigenvalue weighted by atomic mass is 35.5. The second-order valence-corrected chi connectivity index (χ2v) is 4.22. The Morgan fingerprint density at radius 2 is 2.32 bits per heavy atom. The third-order valence-electron chi connectivity index (χ3n) is 2.31. The van der Waals surface area contributed by atoms with Crippen LogP contribution < -0.4 is 11.1 Å². The number of nitrogens with one attached hydrogen (secondary N) is 1. The Morgan fingerprint density at radius 1 is 1.53 bits per heavy atom. The van der Waals surface area contributed by atoms with E-state index in [-0.39, 0.29) is 23.8 Å². The highest BCUT2D eigenvalue weighted by Gasteiger charge is 2.09. The van der Waals surface area contributed by atoms with E-state index in [4.69, 9.17) is 17.3 Å². The molecule has 1 aromatic heterocycles. The van der Waals surface area contributed by atoms with Crippen molar-refractivity contribution in [2.75, 3.05) is 5.32 Å². The maximum atomic E-state index is 13.5. The monoisotopic (exact) mass is 283 g/mol. The van der Waals surface area contributed by atoms with Crippen LogP contribution in [0.5, 0.6) is 0 Å². The third kappa shape index (κ3) is 3.49. The highest BCUT2D eigenvalue weighted by Crippen LogP contribution is 2.18. The first-order valence-corrected chi connectivity index (χ1v) is 5.80. The largest absolute Gasteiger partial charge is 0.325 e. The molecule has 0 saturated carbocycles. The van der Waals surface area contributed by atoms with Gasteiger partial charge >= 0.3 is 0 Å². The zero-order valence-electron chi connectivity index (χ0n) is 9.81. The first-order valence-electron chi connectivity index (χ1n) is 5.42. The second-order valence-electron chi connectivity index (χ2n) is 3.78. The van der Waals surface area contributed by atoms with Crippen LogP contribution in [0.1, 0.15) is 5.69 Å². The van der Waals surface area contributed by atoms with Crippen molar-refractivity contribution in [1.82, 2.24) is 15.0 Å². The molecular formula is C11H11ClFN5O. The molecule has 0 bridgehead atoms. The lowest BCUT2D eigenvalue weighted by molar-refractivity contribution is -0.116. The third-order valence-corrected chi connectivity index (χ3v) is 2.54. The molecule has 1 amide bonds. The fourth-order valence-electron chi connectivity index (χ4n) is 1.44. The number of hydrogen-bond acceptors (Lipinski definition) is 4. The minimum atomic E-state index is -0.595. The van der Waals surface area contributed by atoms with Gasteiger partial charge < -0.3 is 11.1 Å². The van der Waals surface area contributed by atoms with Gasteiger partial charge in [-0.05, 0) is 18.2 Å². The molecule has 0 fully saturated rings. The van der Waals surface area contributed by atoms with E-state index < -0.39 is 11.7 Å². The van der Waals surface area contributed by atoms with Crippen LogP contribution in [-0.4, -0.2) is 20.9 Å². The number of aromatic nitrogens is 3. The van der Waals surface area contributed by atoms with Crippen LogP contribution in [0.4, 0.5) is 10.1 Å². The molecule has 0 unspecified atom stereocenters. The van der Waals surface area contributed by atoms with E-state index >= 15 is 0 Å². The zero-order valence-corrected chi connectivity index (χ0v) is 10.6. The number of nitrogens with two attached hydrogens (primary N) is 1. The summed E-state index contributed by atoms with van der Waals surface area (Å²) in [5.41, 5.74) is 6.01. The zero-order chi connectivity index (χ0) is 13.8. The number of halogens is 2. The first kappa shape index (κ1) is 13.4. The van der Waals surface area contributed by atoms with E-state index in [2.05, 4.69) is 15.6 Å². The van der Waals surface area contributed by atoms with Gasteiger partial charge in [-0.3, -0.25) is 4.79 Å². The maximum absolute atomic E-state index is 13.5. The second kappa shape index (κ2) is 5.77. The SMILES string of the molecule is NCc1cn(CC(=O)Nc2ccc(Cl)cc2F)nn1. The molecule has 3 N–H and O–H groups in total. The van der Waals surface area contributed by atoms with Crippen LogP contribution >= 0.6 is 11.6 Å². The van der Waals surface area contributed by atoms with E-state index in [0.717, 1.165) is 6.07 Å². The van der Waals surface area contributed by atoms with E-state index in [1.807, 2.05) is 0 Å². The van der Waals surface area contributed by atoms with Gasteiger partial charge in [-0.15, -0.1) is 5.10 Å². The molecule has 1 heterocycles. The minimum absolute atomic E-state index is 0.0635. The number of hydrogen-bond donors (Lipinski definition) is 2. The van der Waals surface area contributed by atoms with Gasteiger partial charge in [0, 0.05) is 11.6 Å². The number of nitrogens with zero attached hydrogens (tertiary/aromatic N) is 3. The maximum Gasteiger partial charge on any atom is 0.246 e. The molecule has 19 heavy (non-hydrogen) atoms. The summed E-state index contributed by atoms with van der Waals surface area (Å²) in [5.74, 6) is -1.02. The molecule has 100 valence electrons. The van der Waals surface area contributed by atoms with Crippen molar-refractivity contribution in [2.24, 2.45) is 5.73 Å². The van der Waals surface area contributed by atoms with E-state index in [1.54, 1.807) is 6.20 Å². The number of carbonyl (C=O) groups excluding carboxylic acids is 1. The molecule has 1 aromatic carbocycles. The predicted molar refractivity (Wildman–Crippen MR) is 68.0 cm³/mol. The van der Waals surface area contributed by atoms with Crippen molar-refractivity contribution >= 4 is 23.2 Å². The summed E-state index contributed by atoms with van der Waals surface area (Å²) in [7, 11) is 0. The van der Waals surface area contributed by atoms with Gasteiger partial charge in [0.2, 0.25) is 5.91 Å². The van der Waals surface area contributed by atoms with Gasteiger partial charge in [0.15, 0.2) is 0 Å². The first-order chi connectivity index (χ1) is 9.08. The topological polar surface area (TPSA) is 85.8 Å².